The van der Waals surface area contributed by atoms with Crippen LogP contribution in [0.3, 0.4) is 0 Å². The molecule has 41 heavy (non-hydrogen) atoms. The number of anilines is 3. The van der Waals surface area contributed by atoms with Gasteiger partial charge < -0.3 is 25.1 Å². The van der Waals surface area contributed by atoms with Crippen LogP contribution in [0.2, 0.25) is 0 Å². The summed E-state index contributed by atoms with van der Waals surface area (Å²) < 4.78 is 4.47. The number of hydrogen-bond donors (Lipinski definition) is 2. The first-order valence-electron chi connectivity index (χ1n) is 14.8. The highest BCUT2D eigenvalue weighted by Gasteiger charge is 2.30. The van der Waals surface area contributed by atoms with E-state index in [4.69, 9.17) is 15.7 Å². The summed E-state index contributed by atoms with van der Waals surface area (Å²) in [6, 6.07) is 15.9. The van der Waals surface area contributed by atoms with Crippen LogP contribution in [0.4, 0.5) is 17.5 Å². The van der Waals surface area contributed by atoms with Crippen LogP contribution in [0.1, 0.15) is 37.3 Å². The van der Waals surface area contributed by atoms with Gasteiger partial charge in [-0.05, 0) is 69.0 Å². The highest BCUT2D eigenvalue weighted by atomic mass is 15.3. The number of para-hydroxylation sites is 1. The van der Waals surface area contributed by atoms with Gasteiger partial charge in [0.05, 0.1) is 16.4 Å². The van der Waals surface area contributed by atoms with Crippen LogP contribution >= 0.6 is 0 Å². The van der Waals surface area contributed by atoms with Crippen LogP contribution in [0, 0.1) is 6.92 Å². The number of piperazine rings is 1. The number of fused-ring (bicyclic) bond motifs is 2. The fraction of sp³-hybridized carbons (Fsp3) is 0.406. The van der Waals surface area contributed by atoms with Gasteiger partial charge in [0.2, 0.25) is 5.95 Å². The number of nitrogens with one attached hydrogen (secondary N) is 1. The highest BCUT2D eigenvalue weighted by molar-refractivity contribution is 6.00. The molecule has 0 atom stereocenters. The van der Waals surface area contributed by atoms with Crippen molar-refractivity contribution in [3.05, 3.63) is 60.6 Å². The summed E-state index contributed by atoms with van der Waals surface area (Å²) in [6.45, 7) is 6.82. The maximum atomic E-state index is 6.47. The number of nitrogen functional groups attached to an aromatic ring is 1. The number of aromatic nitrogens is 5. The van der Waals surface area contributed by atoms with E-state index in [-0.39, 0.29) is 0 Å². The summed E-state index contributed by atoms with van der Waals surface area (Å²) in [5.74, 6) is 1.36. The third-order valence-corrected chi connectivity index (χ3v) is 9.32. The lowest BCUT2D eigenvalue weighted by molar-refractivity contribution is 0.0828. The molecular formula is C32H39N9. The second kappa shape index (κ2) is 10.5. The second-order valence-corrected chi connectivity index (χ2v) is 11.8. The molecule has 0 radical (unpaired) electrons. The molecule has 0 spiro atoms. The van der Waals surface area contributed by atoms with E-state index < -0.39 is 0 Å². The Labute approximate surface area is 241 Å². The Kier molecular flexibility index (Phi) is 6.63. The van der Waals surface area contributed by atoms with Crippen molar-refractivity contribution in [1.29, 1.82) is 0 Å². The van der Waals surface area contributed by atoms with Crippen molar-refractivity contribution in [1.82, 2.24) is 33.9 Å². The average Bonchev–Trinajstić information content (AvgIpc) is 3.54. The van der Waals surface area contributed by atoms with Crippen molar-refractivity contribution in [3.8, 4) is 11.1 Å². The molecule has 7 rings (SSSR count). The minimum absolute atomic E-state index is 0.422. The molecule has 3 aromatic heterocycles. The Balaban J connectivity index is 1.13. The maximum absolute atomic E-state index is 6.47. The molecule has 2 fully saturated rings. The number of benzene rings is 2. The van der Waals surface area contributed by atoms with Gasteiger partial charge in [0.1, 0.15) is 17.8 Å². The Morgan fingerprint density at radius 1 is 0.878 bits per heavy atom. The molecule has 0 amide bonds. The van der Waals surface area contributed by atoms with Gasteiger partial charge in [-0.1, -0.05) is 24.3 Å². The smallest absolute Gasteiger partial charge is 0.208 e. The van der Waals surface area contributed by atoms with Gasteiger partial charge in [0.25, 0.3) is 0 Å². The lowest BCUT2D eigenvalue weighted by atomic mass is 9.89. The maximum Gasteiger partial charge on any atom is 0.208 e. The minimum atomic E-state index is 0.422. The zero-order valence-electron chi connectivity index (χ0n) is 24.2. The highest BCUT2D eigenvalue weighted by Crippen LogP contribution is 2.39. The van der Waals surface area contributed by atoms with Crippen molar-refractivity contribution < 1.29 is 0 Å². The van der Waals surface area contributed by atoms with E-state index in [9.17, 15) is 0 Å². The number of likely N-dealkylation sites (N-methyl/N-ethyl adjacent to an activating group) is 1. The minimum Gasteiger partial charge on any atom is -0.383 e. The van der Waals surface area contributed by atoms with Gasteiger partial charge in [-0.3, -0.25) is 4.90 Å². The molecule has 2 aliphatic rings. The number of rotatable bonds is 5. The fourth-order valence-corrected chi connectivity index (χ4v) is 6.82. The molecular weight excluding hydrogens is 510 g/mol. The Hall–Kier alpha value is -3.95. The zero-order chi connectivity index (χ0) is 28.1. The molecule has 3 N–H and O–H groups in total. The van der Waals surface area contributed by atoms with Crippen LogP contribution in [-0.4, -0.2) is 73.2 Å². The van der Waals surface area contributed by atoms with Crippen molar-refractivity contribution in [3.63, 3.8) is 0 Å². The summed E-state index contributed by atoms with van der Waals surface area (Å²) in [6.07, 6.45) is 8.62. The third kappa shape index (κ3) is 4.73. The Bertz CT molecular complexity index is 1680. The van der Waals surface area contributed by atoms with Crippen LogP contribution in [0.25, 0.3) is 33.2 Å². The normalized spacial score (nSPS) is 20.7. The number of nitrogens with zero attached hydrogens (tertiary/aromatic N) is 7. The quantitative estimate of drug-likeness (QED) is 0.305. The van der Waals surface area contributed by atoms with Gasteiger partial charge in [-0.2, -0.15) is 0 Å². The standard InChI is InChI=1S/C32H39N9/c1-21-5-4-6-27-29(21)37-32(39(27)3)36-23-9-7-22(8-10-23)26-19-41(31-28(26)30(33)34-20-35-31)25-13-11-24(12-14-25)40-17-15-38(2)16-18-40/h4-10,19-20,24-25H,11-18H2,1-3H3,(H,36,37)(H2,33,34,35)/t24-,25+. The number of aryl methyl sites for hydroxylation is 2. The van der Waals surface area contributed by atoms with Crippen LogP contribution < -0.4 is 11.1 Å². The van der Waals surface area contributed by atoms with E-state index in [1.165, 1.54) is 44.6 Å². The SMILES string of the molecule is Cc1cccc2c1nc(Nc1ccc(-c3cn([C@H]4CC[C@@H](N5CCN(C)CC5)CC4)c4ncnc(N)c34)cc1)n2C. The number of nitrogens with two attached hydrogens (primary N) is 1. The first-order chi connectivity index (χ1) is 20.0. The van der Waals surface area contributed by atoms with Gasteiger partial charge in [-0.15, -0.1) is 0 Å². The van der Waals surface area contributed by atoms with Crippen molar-refractivity contribution in [2.75, 3.05) is 44.3 Å². The monoisotopic (exact) mass is 549 g/mol. The molecule has 1 saturated heterocycles. The van der Waals surface area contributed by atoms with E-state index in [1.54, 1.807) is 6.33 Å². The van der Waals surface area contributed by atoms with Crippen molar-refractivity contribution in [2.24, 2.45) is 7.05 Å². The average molecular weight is 550 g/mol. The summed E-state index contributed by atoms with van der Waals surface area (Å²) in [5.41, 5.74) is 13.9. The lowest BCUT2D eigenvalue weighted by Crippen LogP contribution is -2.49. The van der Waals surface area contributed by atoms with E-state index in [0.29, 0.717) is 17.9 Å². The summed E-state index contributed by atoms with van der Waals surface area (Å²) in [7, 11) is 4.27. The summed E-state index contributed by atoms with van der Waals surface area (Å²) in [5, 5.41) is 4.44. The molecule has 1 aliphatic heterocycles. The lowest BCUT2D eigenvalue weighted by Gasteiger charge is -2.41. The molecule has 9 nitrogen and oxygen atoms in total. The first-order valence-corrected chi connectivity index (χ1v) is 14.8. The van der Waals surface area contributed by atoms with Gasteiger partial charge in [0.15, 0.2) is 0 Å². The predicted molar refractivity (Wildman–Crippen MR) is 166 cm³/mol. The van der Waals surface area contributed by atoms with Crippen LogP contribution in [-0.2, 0) is 7.05 Å². The zero-order valence-corrected chi connectivity index (χ0v) is 24.2. The van der Waals surface area contributed by atoms with E-state index in [2.05, 4.69) is 91.9 Å². The Morgan fingerprint density at radius 3 is 2.34 bits per heavy atom. The number of hydrogen-bond acceptors (Lipinski definition) is 7. The van der Waals surface area contributed by atoms with Gasteiger partial charge in [0, 0.05) is 62.8 Å². The molecule has 1 aliphatic carbocycles. The molecule has 2 aromatic carbocycles. The first kappa shape index (κ1) is 26.0. The molecule has 9 heteroatoms. The molecule has 0 unspecified atom stereocenters. The largest absolute Gasteiger partial charge is 0.383 e. The van der Waals surface area contributed by atoms with Crippen LogP contribution in [0.15, 0.2) is 55.0 Å². The molecule has 0 bridgehead atoms. The topological polar surface area (TPSA) is 93.1 Å². The van der Waals surface area contributed by atoms with Crippen molar-refractivity contribution >= 4 is 39.5 Å². The van der Waals surface area contributed by atoms with Crippen molar-refractivity contribution in [2.45, 2.75) is 44.7 Å². The molecule has 212 valence electrons. The molecule has 4 heterocycles. The Morgan fingerprint density at radius 2 is 1.61 bits per heavy atom. The summed E-state index contributed by atoms with van der Waals surface area (Å²) >= 11 is 0. The fourth-order valence-electron chi connectivity index (χ4n) is 6.82. The van der Waals surface area contributed by atoms with Gasteiger partial charge in [-0.25, -0.2) is 15.0 Å². The molecule has 1 saturated carbocycles. The summed E-state index contributed by atoms with van der Waals surface area (Å²) in [4.78, 5) is 19.1. The number of imidazole rings is 1. The van der Waals surface area contributed by atoms with Gasteiger partial charge >= 0.3 is 0 Å². The predicted octanol–water partition coefficient (Wildman–Crippen LogP) is 5.35. The van der Waals surface area contributed by atoms with Crippen LogP contribution in [0.5, 0.6) is 0 Å². The molecule has 5 aromatic rings. The third-order valence-electron chi connectivity index (χ3n) is 9.32. The van der Waals surface area contributed by atoms with E-state index >= 15 is 0 Å². The second-order valence-electron chi connectivity index (χ2n) is 11.8. The van der Waals surface area contributed by atoms with E-state index in [0.717, 1.165) is 57.7 Å². The van der Waals surface area contributed by atoms with E-state index in [1.807, 2.05) is 7.05 Å².